The van der Waals surface area contributed by atoms with Gasteiger partial charge in [0.1, 0.15) is 18.9 Å². The van der Waals surface area contributed by atoms with Crippen LogP contribution in [0.25, 0.3) is 0 Å². The molecule has 0 atom stereocenters. The third-order valence-corrected chi connectivity index (χ3v) is 3.26. The van der Waals surface area contributed by atoms with Crippen molar-refractivity contribution in [3.05, 3.63) is 90.0 Å². The molecular weight excluding hydrogens is 268 g/mol. The Bertz CT molecular complexity index is 576. The highest BCUT2D eigenvalue weighted by Crippen LogP contribution is 2.05. The second-order valence-corrected chi connectivity index (χ2v) is 4.68. The van der Waals surface area contributed by atoms with E-state index < -0.39 is 0 Å². The minimum absolute atomic E-state index is 0. The fourth-order valence-electron chi connectivity index (χ4n) is 2.27. The number of benzene rings is 2. The van der Waals surface area contributed by atoms with Gasteiger partial charge in [0.15, 0.2) is 0 Å². The lowest BCUT2D eigenvalue weighted by Gasteiger charge is -2.02. The SMILES string of the molecule is [Cl-].c1ccc(Cc2[nH]cc[n+]2Cc2ccccc2)cc1. The standard InChI is InChI=1S/C17H16N2.ClH/c1-3-7-15(8-4-1)13-17-18-11-12-19(17)14-16-9-5-2-6-10-16;/h1-12H,13-14H2;1H. The molecule has 0 spiro atoms. The van der Waals surface area contributed by atoms with Gasteiger partial charge in [0.25, 0.3) is 5.82 Å². The van der Waals surface area contributed by atoms with Crippen molar-refractivity contribution in [3.8, 4) is 0 Å². The van der Waals surface area contributed by atoms with Crippen LogP contribution in [0.4, 0.5) is 0 Å². The molecule has 1 heterocycles. The largest absolute Gasteiger partial charge is 1.00 e. The van der Waals surface area contributed by atoms with Crippen molar-refractivity contribution in [1.29, 1.82) is 0 Å². The zero-order chi connectivity index (χ0) is 12.9. The van der Waals surface area contributed by atoms with Crippen molar-refractivity contribution >= 4 is 0 Å². The fourth-order valence-corrected chi connectivity index (χ4v) is 2.27. The number of nitrogens with zero attached hydrogens (tertiary/aromatic N) is 1. The molecular formula is C17H17ClN2. The number of rotatable bonds is 4. The van der Waals surface area contributed by atoms with E-state index in [2.05, 4.69) is 76.4 Å². The van der Waals surface area contributed by atoms with Gasteiger partial charge in [-0.1, -0.05) is 60.7 Å². The number of H-pyrrole nitrogens is 1. The Balaban J connectivity index is 0.00000147. The molecule has 3 heteroatoms. The molecule has 20 heavy (non-hydrogen) atoms. The van der Waals surface area contributed by atoms with E-state index in [0.29, 0.717) is 0 Å². The highest BCUT2D eigenvalue weighted by molar-refractivity contribution is 5.18. The maximum Gasteiger partial charge on any atom is 0.258 e. The van der Waals surface area contributed by atoms with Crippen LogP contribution in [0.1, 0.15) is 17.0 Å². The summed E-state index contributed by atoms with van der Waals surface area (Å²) in [4.78, 5) is 3.34. The molecule has 2 aromatic carbocycles. The lowest BCUT2D eigenvalue weighted by atomic mass is 10.1. The summed E-state index contributed by atoms with van der Waals surface area (Å²) in [6, 6.07) is 21.1. The monoisotopic (exact) mass is 284 g/mol. The van der Waals surface area contributed by atoms with Gasteiger partial charge in [0.2, 0.25) is 0 Å². The highest BCUT2D eigenvalue weighted by atomic mass is 35.5. The lowest BCUT2D eigenvalue weighted by Crippen LogP contribution is -3.00. The molecule has 1 N–H and O–H groups in total. The first kappa shape index (κ1) is 14.4. The van der Waals surface area contributed by atoms with Gasteiger partial charge in [-0.15, -0.1) is 0 Å². The zero-order valence-corrected chi connectivity index (χ0v) is 11.9. The minimum Gasteiger partial charge on any atom is -1.00 e. The molecule has 0 amide bonds. The summed E-state index contributed by atoms with van der Waals surface area (Å²) in [6.45, 7) is 0.909. The Morgan fingerprint density at radius 1 is 0.800 bits per heavy atom. The third-order valence-electron chi connectivity index (χ3n) is 3.26. The maximum atomic E-state index is 3.34. The van der Waals surface area contributed by atoms with Crippen LogP contribution in [0, 0.1) is 0 Å². The highest BCUT2D eigenvalue weighted by Gasteiger charge is 2.11. The summed E-state index contributed by atoms with van der Waals surface area (Å²) >= 11 is 0. The molecule has 0 aliphatic heterocycles. The summed E-state index contributed by atoms with van der Waals surface area (Å²) in [5.41, 5.74) is 2.65. The van der Waals surface area contributed by atoms with Gasteiger partial charge in [0.05, 0.1) is 6.42 Å². The van der Waals surface area contributed by atoms with E-state index in [9.17, 15) is 0 Å². The normalized spacial score (nSPS) is 10.0. The van der Waals surface area contributed by atoms with E-state index >= 15 is 0 Å². The second-order valence-electron chi connectivity index (χ2n) is 4.68. The van der Waals surface area contributed by atoms with Gasteiger partial charge >= 0.3 is 0 Å². The molecule has 1 aromatic heterocycles. The Kier molecular flexibility index (Phi) is 4.97. The first-order valence-corrected chi connectivity index (χ1v) is 6.55. The van der Waals surface area contributed by atoms with Crippen LogP contribution < -0.4 is 17.0 Å². The van der Waals surface area contributed by atoms with Crippen molar-refractivity contribution in [2.45, 2.75) is 13.0 Å². The predicted octanol–water partition coefficient (Wildman–Crippen LogP) is -0.0547. The Hall–Kier alpha value is -2.06. The molecule has 3 aromatic rings. The van der Waals surface area contributed by atoms with Crippen molar-refractivity contribution in [2.24, 2.45) is 0 Å². The van der Waals surface area contributed by atoms with E-state index in [1.54, 1.807) is 0 Å². The maximum absolute atomic E-state index is 3.34. The van der Waals surface area contributed by atoms with E-state index in [1.165, 1.54) is 17.0 Å². The smallest absolute Gasteiger partial charge is 0.258 e. The Morgan fingerprint density at radius 2 is 1.40 bits per heavy atom. The topological polar surface area (TPSA) is 19.7 Å². The van der Waals surface area contributed by atoms with Crippen molar-refractivity contribution < 1.29 is 17.0 Å². The Labute approximate surface area is 125 Å². The van der Waals surface area contributed by atoms with Gasteiger partial charge in [0, 0.05) is 0 Å². The van der Waals surface area contributed by atoms with Crippen LogP contribution in [0.2, 0.25) is 0 Å². The van der Waals surface area contributed by atoms with Crippen LogP contribution in [-0.2, 0) is 13.0 Å². The van der Waals surface area contributed by atoms with Crippen LogP contribution in [0.5, 0.6) is 0 Å². The molecule has 0 aliphatic rings. The molecule has 0 radical (unpaired) electrons. The number of halogens is 1. The minimum atomic E-state index is 0. The van der Waals surface area contributed by atoms with Gasteiger partial charge in [-0.05, 0) is 11.1 Å². The number of imidazole rings is 1. The lowest BCUT2D eigenvalue weighted by molar-refractivity contribution is -0.694. The van der Waals surface area contributed by atoms with Crippen molar-refractivity contribution in [1.82, 2.24) is 4.98 Å². The average molecular weight is 285 g/mol. The van der Waals surface area contributed by atoms with Crippen LogP contribution in [0.15, 0.2) is 73.1 Å². The number of hydrogen-bond acceptors (Lipinski definition) is 0. The van der Waals surface area contributed by atoms with Crippen molar-refractivity contribution in [2.75, 3.05) is 0 Å². The average Bonchev–Trinajstić information content (AvgIpc) is 2.88. The summed E-state index contributed by atoms with van der Waals surface area (Å²) < 4.78 is 2.27. The quantitative estimate of drug-likeness (QED) is 0.648. The van der Waals surface area contributed by atoms with Gasteiger partial charge < -0.3 is 12.4 Å². The van der Waals surface area contributed by atoms with E-state index in [1.807, 2.05) is 6.20 Å². The number of hydrogen-bond donors (Lipinski definition) is 1. The number of aromatic amines is 1. The molecule has 0 aliphatic carbocycles. The number of nitrogens with one attached hydrogen (secondary N) is 1. The van der Waals surface area contributed by atoms with Gasteiger partial charge in [-0.3, -0.25) is 0 Å². The van der Waals surface area contributed by atoms with Crippen LogP contribution in [0.3, 0.4) is 0 Å². The van der Waals surface area contributed by atoms with Crippen molar-refractivity contribution in [3.63, 3.8) is 0 Å². The second kappa shape index (κ2) is 6.92. The molecule has 0 unspecified atom stereocenters. The molecule has 102 valence electrons. The fraction of sp³-hybridized carbons (Fsp3) is 0.118. The molecule has 2 nitrogen and oxygen atoms in total. The van der Waals surface area contributed by atoms with Gasteiger partial charge in [-0.2, -0.15) is 0 Å². The third kappa shape index (κ3) is 3.49. The van der Waals surface area contributed by atoms with Crippen LogP contribution >= 0.6 is 0 Å². The number of aromatic nitrogens is 2. The Morgan fingerprint density at radius 3 is 2.05 bits per heavy atom. The first-order valence-electron chi connectivity index (χ1n) is 6.55. The van der Waals surface area contributed by atoms with E-state index in [0.717, 1.165) is 13.0 Å². The molecule has 0 saturated heterocycles. The predicted molar refractivity (Wildman–Crippen MR) is 75.8 cm³/mol. The molecule has 3 rings (SSSR count). The molecule has 0 fully saturated rings. The summed E-state index contributed by atoms with van der Waals surface area (Å²) in [7, 11) is 0. The van der Waals surface area contributed by atoms with E-state index in [-0.39, 0.29) is 12.4 Å². The zero-order valence-electron chi connectivity index (χ0n) is 11.2. The summed E-state index contributed by atoms with van der Waals surface area (Å²) in [5.74, 6) is 1.23. The summed E-state index contributed by atoms with van der Waals surface area (Å²) in [5, 5.41) is 0. The first-order chi connectivity index (χ1) is 9.42. The van der Waals surface area contributed by atoms with Crippen LogP contribution in [-0.4, -0.2) is 4.98 Å². The molecule has 0 bridgehead atoms. The van der Waals surface area contributed by atoms with Gasteiger partial charge in [-0.25, -0.2) is 9.55 Å². The summed E-state index contributed by atoms with van der Waals surface area (Å²) in [6.07, 6.45) is 5.03. The molecule has 0 saturated carbocycles. The van der Waals surface area contributed by atoms with E-state index in [4.69, 9.17) is 0 Å².